The van der Waals surface area contributed by atoms with Gasteiger partial charge in [0, 0.05) is 7.11 Å². The molecular weight excluding hydrogens is 531 g/mol. The zero-order valence-corrected chi connectivity index (χ0v) is 26.6. The number of hydrogen-bond donors (Lipinski definition) is 0. The fraction of sp³-hybridized carbons (Fsp3) is 1.00. The summed E-state index contributed by atoms with van der Waals surface area (Å²) in [5, 5.41) is -2.92. The van der Waals surface area contributed by atoms with Crippen LogP contribution in [0.1, 0.15) is 117 Å². The van der Waals surface area contributed by atoms with E-state index in [2.05, 4.69) is 13.8 Å². The summed E-state index contributed by atoms with van der Waals surface area (Å²) in [6, 6.07) is 0. The normalized spacial score (nSPS) is 39.1. The molecule has 0 aromatic heterocycles. The maximum Gasteiger partial charge on any atom is 1.00 e. The van der Waals surface area contributed by atoms with Crippen molar-refractivity contribution in [2.75, 3.05) is 7.11 Å². The Labute approximate surface area is 250 Å². The van der Waals surface area contributed by atoms with Crippen LogP contribution in [0.2, 0.25) is 0 Å². The molecule has 0 saturated heterocycles. The molecule has 4 aliphatic carbocycles. The number of methoxy groups -OCH3 is 1. The van der Waals surface area contributed by atoms with Crippen molar-refractivity contribution in [1.82, 2.24) is 0 Å². The van der Waals surface area contributed by atoms with Crippen molar-refractivity contribution < 1.29 is 49.7 Å². The van der Waals surface area contributed by atoms with E-state index in [9.17, 15) is 21.4 Å². The van der Waals surface area contributed by atoms with Gasteiger partial charge < -0.3 is 14.0 Å². The van der Waals surface area contributed by atoms with Crippen LogP contribution in [0, 0.1) is 23.2 Å². The molecule has 0 spiro atoms. The van der Waals surface area contributed by atoms with Crippen molar-refractivity contribution in [2.24, 2.45) is 23.2 Å². The number of ether oxygens (including phenoxy) is 2. The van der Waals surface area contributed by atoms with Gasteiger partial charge in [0.2, 0.25) is 0 Å². The first-order valence-corrected chi connectivity index (χ1v) is 18.3. The first-order valence-electron chi connectivity index (χ1n) is 15.2. The van der Waals surface area contributed by atoms with Gasteiger partial charge in [0.25, 0.3) is 0 Å². The van der Waals surface area contributed by atoms with E-state index in [1.807, 2.05) is 14.0 Å². The monoisotopic (exact) mass is 582 g/mol. The van der Waals surface area contributed by atoms with E-state index < -0.39 is 35.7 Å². The Balaban J connectivity index is 0.00000420. The minimum Gasteiger partial charge on any atom is -0.748 e. The third-order valence-corrected chi connectivity index (χ3v) is 15.3. The second-order valence-electron chi connectivity index (χ2n) is 13.6. The molecule has 0 aromatic carbocycles. The largest absolute Gasteiger partial charge is 1.00 e. The van der Waals surface area contributed by atoms with Crippen molar-refractivity contribution >= 4 is 20.0 Å². The number of sulfone groups is 1. The summed E-state index contributed by atoms with van der Waals surface area (Å²) in [6.07, 6.45) is 13.6. The van der Waals surface area contributed by atoms with Crippen LogP contribution in [0.3, 0.4) is 0 Å². The Morgan fingerprint density at radius 1 is 0.667 bits per heavy atom. The molecule has 4 fully saturated rings. The number of rotatable bonds is 8. The van der Waals surface area contributed by atoms with Gasteiger partial charge >= 0.3 is 18.9 Å². The molecule has 0 aromatic rings. The van der Waals surface area contributed by atoms with Gasteiger partial charge in [-0.05, 0) is 119 Å². The molecule has 0 radical (unpaired) electrons. The molecule has 10 heteroatoms. The molecule has 4 aliphatic rings. The summed E-state index contributed by atoms with van der Waals surface area (Å²) in [6.45, 7) is 6.83. The minimum atomic E-state index is -4.65. The molecule has 3 atom stereocenters. The van der Waals surface area contributed by atoms with Crippen LogP contribution in [0.4, 0.5) is 0 Å². The fourth-order valence-corrected chi connectivity index (χ4v) is 12.7. The van der Waals surface area contributed by atoms with Crippen LogP contribution in [0.5, 0.6) is 0 Å². The third kappa shape index (κ3) is 8.06. The summed E-state index contributed by atoms with van der Waals surface area (Å²) in [7, 11) is -6.49. The van der Waals surface area contributed by atoms with Crippen molar-refractivity contribution in [3.8, 4) is 0 Å². The predicted molar refractivity (Wildman–Crippen MR) is 149 cm³/mol. The molecule has 4 saturated carbocycles. The van der Waals surface area contributed by atoms with Crippen LogP contribution < -0.4 is 18.9 Å². The second-order valence-corrected chi connectivity index (χ2v) is 17.7. The maximum atomic E-state index is 13.4. The van der Waals surface area contributed by atoms with Crippen molar-refractivity contribution in [1.29, 1.82) is 0 Å². The van der Waals surface area contributed by atoms with Crippen LogP contribution in [0.25, 0.3) is 0 Å². The zero-order valence-electron chi connectivity index (χ0n) is 25.0. The summed E-state index contributed by atoms with van der Waals surface area (Å²) < 4.78 is 74.7. The van der Waals surface area contributed by atoms with Crippen LogP contribution in [0.15, 0.2) is 0 Å². The van der Waals surface area contributed by atoms with E-state index in [4.69, 9.17) is 9.47 Å². The smallest absolute Gasteiger partial charge is 0.748 e. The molecule has 0 N–H and O–H groups in total. The molecule has 0 aliphatic heterocycles. The number of hydrogen-bond acceptors (Lipinski definition) is 7. The van der Waals surface area contributed by atoms with Gasteiger partial charge in [-0.1, -0.05) is 20.8 Å². The van der Waals surface area contributed by atoms with Crippen LogP contribution >= 0.6 is 0 Å². The SMILES string of the molecule is COC1CCC(C(C)(C)C2CCC(OC3CCC(S(=O)(=O)C4CCC(C)CC4S(=O)(=O)[O-])CC3)CC2)CC1.[Li+]. The van der Waals surface area contributed by atoms with E-state index in [1.54, 1.807) is 0 Å². The van der Waals surface area contributed by atoms with Crippen molar-refractivity contribution in [2.45, 2.75) is 151 Å². The maximum absolute atomic E-state index is 13.4. The molecule has 0 bridgehead atoms. The standard InChI is InChI=1S/C29H52O7S2.Li/c1-20-5-18-27(28(19-20)38(32,33)34)37(30,31)26-16-14-25(15-17-26)36-24-12-8-22(9-13-24)29(2,3)21-6-10-23(35-4)11-7-21;/h20-28H,5-19H2,1-4H3,(H,32,33,34);/q;+1/p-1. The molecule has 4 rings (SSSR count). The second kappa shape index (κ2) is 13.8. The van der Waals surface area contributed by atoms with Crippen molar-refractivity contribution in [3.63, 3.8) is 0 Å². The Morgan fingerprint density at radius 3 is 1.59 bits per heavy atom. The molecule has 0 heterocycles. The molecule has 7 nitrogen and oxygen atoms in total. The Bertz CT molecular complexity index is 975. The Morgan fingerprint density at radius 2 is 1.13 bits per heavy atom. The summed E-state index contributed by atoms with van der Waals surface area (Å²) in [5.74, 6) is 1.54. The van der Waals surface area contributed by atoms with Gasteiger partial charge in [-0.3, -0.25) is 0 Å². The van der Waals surface area contributed by atoms with Crippen LogP contribution in [-0.4, -0.2) is 62.6 Å². The first-order chi connectivity index (χ1) is 17.8. The van der Waals surface area contributed by atoms with Crippen molar-refractivity contribution in [3.05, 3.63) is 0 Å². The van der Waals surface area contributed by atoms with E-state index in [-0.39, 0.29) is 49.8 Å². The quantitative estimate of drug-likeness (QED) is 0.320. The van der Waals surface area contributed by atoms with Gasteiger partial charge in [0.1, 0.15) is 0 Å². The van der Waals surface area contributed by atoms with E-state index in [0.29, 0.717) is 43.6 Å². The van der Waals surface area contributed by atoms with Gasteiger partial charge in [0.15, 0.2) is 9.84 Å². The average molecular weight is 583 g/mol. The van der Waals surface area contributed by atoms with Crippen LogP contribution in [-0.2, 0) is 29.4 Å². The fourth-order valence-electron chi connectivity index (χ4n) is 8.32. The molecule has 3 unspecified atom stereocenters. The van der Waals surface area contributed by atoms with E-state index >= 15 is 0 Å². The van der Waals surface area contributed by atoms with Gasteiger partial charge in [0.05, 0.1) is 44.2 Å². The van der Waals surface area contributed by atoms with E-state index in [0.717, 1.165) is 24.7 Å². The molecule has 222 valence electrons. The Kier molecular flexibility index (Phi) is 12.0. The minimum absolute atomic E-state index is 0. The Hall–Kier alpha value is 0.377. The third-order valence-electron chi connectivity index (χ3n) is 11.0. The predicted octanol–water partition coefficient (Wildman–Crippen LogP) is 2.63. The van der Waals surface area contributed by atoms with Gasteiger partial charge in [-0.25, -0.2) is 16.8 Å². The summed E-state index contributed by atoms with van der Waals surface area (Å²) >= 11 is 0. The molecular formula is C29H51LiO7S2. The van der Waals surface area contributed by atoms with Gasteiger partial charge in [-0.2, -0.15) is 0 Å². The van der Waals surface area contributed by atoms with Gasteiger partial charge in [-0.15, -0.1) is 0 Å². The molecule has 0 amide bonds. The zero-order chi connectivity index (χ0) is 27.7. The first kappa shape index (κ1) is 33.9. The average Bonchev–Trinajstić information content (AvgIpc) is 2.88. The topological polar surface area (TPSA) is 110 Å². The summed E-state index contributed by atoms with van der Waals surface area (Å²) in [5.41, 5.74) is 0.336. The molecule has 39 heavy (non-hydrogen) atoms. The van der Waals surface area contributed by atoms with E-state index in [1.165, 1.54) is 38.5 Å². The summed E-state index contributed by atoms with van der Waals surface area (Å²) in [4.78, 5) is 0.